The SMILES string of the molecule is S=c1[nH]nc(C2CCCO2)n1/N=C\c1cccc(Cl)c1Cl. The Labute approximate surface area is 136 Å². The normalized spacial score (nSPS) is 18.7. The van der Waals surface area contributed by atoms with Gasteiger partial charge >= 0.3 is 0 Å². The molecule has 2 aromatic rings. The summed E-state index contributed by atoms with van der Waals surface area (Å²) in [6.45, 7) is 0.730. The van der Waals surface area contributed by atoms with Gasteiger partial charge in [0.15, 0.2) is 5.82 Å². The number of H-pyrrole nitrogens is 1. The van der Waals surface area contributed by atoms with Gasteiger partial charge in [-0.2, -0.15) is 14.9 Å². The first-order valence-corrected chi connectivity index (χ1v) is 7.60. The van der Waals surface area contributed by atoms with Crippen molar-refractivity contribution in [3.8, 4) is 0 Å². The van der Waals surface area contributed by atoms with E-state index >= 15 is 0 Å². The number of ether oxygens (including phenoxy) is 1. The molecule has 0 amide bonds. The van der Waals surface area contributed by atoms with Gasteiger partial charge in [0.05, 0.1) is 16.3 Å². The second-order valence-electron chi connectivity index (χ2n) is 4.59. The molecule has 0 saturated carbocycles. The molecule has 0 spiro atoms. The summed E-state index contributed by atoms with van der Waals surface area (Å²) in [5.41, 5.74) is 0.713. The molecule has 1 N–H and O–H groups in total. The number of nitrogens with one attached hydrogen (secondary N) is 1. The zero-order valence-corrected chi connectivity index (χ0v) is 13.3. The van der Waals surface area contributed by atoms with E-state index in [2.05, 4.69) is 15.3 Å². The van der Waals surface area contributed by atoms with Gasteiger partial charge < -0.3 is 4.74 Å². The number of benzene rings is 1. The maximum atomic E-state index is 6.13. The molecule has 8 heteroatoms. The van der Waals surface area contributed by atoms with Crippen molar-refractivity contribution in [1.82, 2.24) is 14.9 Å². The standard InChI is InChI=1S/C13H12Cl2N4OS/c14-9-4-1-3-8(11(9)15)7-16-19-12(17-18-13(19)21)10-5-2-6-20-10/h1,3-4,7,10H,2,5-6H2,(H,18,21)/b16-7-. The van der Waals surface area contributed by atoms with E-state index in [1.165, 1.54) is 0 Å². The maximum Gasteiger partial charge on any atom is 0.216 e. The summed E-state index contributed by atoms with van der Waals surface area (Å²) in [5.74, 6) is 0.673. The highest BCUT2D eigenvalue weighted by molar-refractivity contribution is 7.71. The van der Waals surface area contributed by atoms with E-state index in [-0.39, 0.29) is 6.10 Å². The first kappa shape index (κ1) is 14.7. The Morgan fingerprint density at radius 1 is 1.48 bits per heavy atom. The van der Waals surface area contributed by atoms with Crippen LogP contribution in [0.2, 0.25) is 10.0 Å². The van der Waals surface area contributed by atoms with Crippen LogP contribution in [-0.4, -0.2) is 27.7 Å². The van der Waals surface area contributed by atoms with E-state index in [1.54, 1.807) is 17.0 Å². The van der Waals surface area contributed by atoms with Crippen molar-refractivity contribution in [2.24, 2.45) is 5.10 Å². The summed E-state index contributed by atoms with van der Waals surface area (Å²) in [4.78, 5) is 0. The smallest absolute Gasteiger partial charge is 0.216 e. The Bertz CT molecular complexity index is 734. The highest BCUT2D eigenvalue weighted by Crippen LogP contribution is 2.27. The second-order valence-corrected chi connectivity index (χ2v) is 5.76. The minimum atomic E-state index is -0.0788. The number of aromatic nitrogens is 3. The molecule has 1 fully saturated rings. The summed E-state index contributed by atoms with van der Waals surface area (Å²) in [6, 6.07) is 5.36. The number of aromatic amines is 1. The average Bonchev–Trinajstić information content (AvgIpc) is 3.10. The van der Waals surface area contributed by atoms with Crippen molar-refractivity contribution < 1.29 is 4.74 Å². The molecule has 1 aromatic heterocycles. The van der Waals surface area contributed by atoms with Gasteiger partial charge in [0, 0.05) is 12.2 Å². The molecule has 1 aliphatic rings. The summed E-state index contributed by atoms with van der Waals surface area (Å²) in [7, 11) is 0. The summed E-state index contributed by atoms with van der Waals surface area (Å²) in [5, 5.41) is 12.2. The molecular formula is C13H12Cl2N4OS. The fourth-order valence-corrected chi connectivity index (χ4v) is 2.69. The van der Waals surface area contributed by atoms with Gasteiger partial charge in [-0.3, -0.25) is 5.10 Å². The van der Waals surface area contributed by atoms with E-state index in [1.807, 2.05) is 12.1 Å². The number of rotatable bonds is 3. The van der Waals surface area contributed by atoms with Crippen LogP contribution in [0.4, 0.5) is 0 Å². The molecule has 0 aliphatic carbocycles. The molecule has 1 aromatic carbocycles. The molecule has 2 heterocycles. The van der Waals surface area contributed by atoms with Crippen molar-refractivity contribution in [3.63, 3.8) is 0 Å². The molecule has 1 saturated heterocycles. The fraction of sp³-hybridized carbons (Fsp3) is 0.308. The van der Waals surface area contributed by atoms with Crippen LogP contribution in [0.15, 0.2) is 23.3 Å². The zero-order chi connectivity index (χ0) is 14.8. The largest absolute Gasteiger partial charge is 0.370 e. The van der Waals surface area contributed by atoms with Gasteiger partial charge in [-0.25, -0.2) is 0 Å². The van der Waals surface area contributed by atoms with E-state index in [0.717, 1.165) is 19.4 Å². The second kappa shape index (κ2) is 6.27. The number of nitrogens with zero attached hydrogens (tertiary/aromatic N) is 3. The van der Waals surface area contributed by atoms with E-state index in [9.17, 15) is 0 Å². The molecule has 3 rings (SSSR count). The van der Waals surface area contributed by atoms with Crippen LogP contribution in [0.25, 0.3) is 0 Å². The molecule has 1 aliphatic heterocycles. The monoisotopic (exact) mass is 342 g/mol. The molecule has 1 unspecified atom stereocenters. The van der Waals surface area contributed by atoms with Crippen molar-refractivity contribution in [3.05, 3.63) is 44.4 Å². The molecule has 21 heavy (non-hydrogen) atoms. The van der Waals surface area contributed by atoms with E-state index < -0.39 is 0 Å². The first-order chi connectivity index (χ1) is 10.2. The maximum absolute atomic E-state index is 6.13. The topological polar surface area (TPSA) is 55.2 Å². The summed E-state index contributed by atoms with van der Waals surface area (Å²) >= 11 is 17.3. The van der Waals surface area contributed by atoms with Crippen molar-refractivity contribution in [2.75, 3.05) is 6.61 Å². The lowest BCUT2D eigenvalue weighted by Gasteiger charge is -2.07. The van der Waals surface area contributed by atoms with Crippen LogP contribution in [0.1, 0.15) is 30.3 Å². The summed E-state index contributed by atoms with van der Waals surface area (Å²) < 4.78 is 7.59. The molecule has 0 radical (unpaired) electrons. The predicted octanol–water partition coefficient (Wildman–Crippen LogP) is 3.98. The van der Waals surface area contributed by atoms with Gasteiger partial charge in [-0.1, -0.05) is 35.3 Å². The molecule has 110 valence electrons. The van der Waals surface area contributed by atoms with Crippen LogP contribution < -0.4 is 0 Å². The molecule has 1 atom stereocenters. The van der Waals surface area contributed by atoms with Gasteiger partial charge in [0.1, 0.15) is 6.10 Å². The highest BCUT2D eigenvalue weighted by Gasteiger charge is 2.23. The lowest BCUT2D eigenvalue weighted by molar-refractivity contribution is 0.102. The highest BCUT2D eigenvalue weighted by atomic mass is 35.5. The molecular weight excluding hydrogens is 331 g/mol. The number of halogens is 2. The number of hydrogen-bond acceptors (Lipinski definition) is 4. The van der Waals surface area contributed by atoms with Crippen LogP contribution in [-0.2, 0) is 4.74 Å². The Morgan fingerprint density at radius 3 is 3.10 bits per heavy atom. The van der Waals surface area contributed by atoms with Crippen LogP contribution >= 0.6 is 35.4 Å². The molecule has 0 bridgehead atoms. The lowest BCUT2D eigenvalue weighted by atomic mass is 10.2. The van der Waals surface area contributed by atoms with Crippen LogP contribution in [0, 0.1) is 4.77 Å². The lowest BCUT2D eigenvalue weighted by Crippen LogP contribution is -2.05. The third kappa shape index (κ3) is 3.03. The molecule has 5 nitrogen and oxygen atoms in total. The number of hydrogen-bond donors (Lipinski definition) is 1. The summed E-state index contributed by atoms with van der Waals surface area (Å²) in [6.07, 6.45) is 3.45. The minimum absolute atomic E-state index is 0.0788. The first-order valence-electron chi connectivity index (χ1n) is 6.44. The Kier molecular flexibility index (Phi) is 4.40. The quantitative estimate of drug-likeness (QED) is 0.677. The zero-order valence-electron chi connectivity index (χ0n) is 10.9. The minimum Gasteiger partial charge on any atom is -0.370 e. The predicted molar refractivity (Wildman–Crippen MR) is 84.8 cm³/mol. The van der Waals surface area contributed by atoms with Gasteiger partial charge in [-0.05, 0) is 31.1 Å². The Hall–Kier alpha value is -1.21. The van der Waals surface area contributed by atoms with Gasteiger partial charge in [0.25, 0.3) is 0 Å². The van der Waals surface area contributed by atoms with Gasteiger partial charge in [-0.15, -0.1) is 0 Å². The van der Waals surface area contributed by atoms with Crippen molar-refractivity contribution in [2.45, 2.75) is 18.9 Å². The van der Waals surface area contributed by atoms with Crippen LogP contribution in [0.3, 0.4) is 0 Å². The Balaban J connectivity index is 1.94. The van der Waals surface area contributed by atoms with Gasteiger partial charge in [0.2, 0.25) is 4.77 Å². The third-order valence-corrected chi connectivity index (χ3v) is 4.28. The average molecular weight is 343 g/mol. The van der Waals surface area contributed by atoms with E-state index in [0.29, 0.717) is 26.2 Å². The van der Waals surface area contributed by atoms with Crippen molar-refractivity contribution >= 4 is 41.6 Å². The fourth-order valence-electron chi connectivity index (χ4n) is 2.15. The van der Waals surface area contributed by atoms with Crippen LogP contribution in [0.5, 0.6) is 0 Å². The van der Waals surface area contributed by atoms with E-state index in [4.69, 9.17) is 40.2 Å². The third-order valence-electron chi connectivity index (χ3n) is 3.19. The van der Waals surface area contributed by atoms with Crippen molar-refractivity contribution in [1.29, 1.82) is 0 Å². The Morgan fingerprint density at radius 2 is 2.33 bits per heavy atom.